The molecule has 3 fully saturated rings. The molecule has 3 aromatic carbocycles. The Balaban J connectivity index is 0.767. The molecule has 1 saturated carbocycles. The van der Waals surface area contributed by atoms with Crippen LogP contribution in [0.3, 0.4) is 0 Å². The van der Waals surface area contributed by atoms with Gasteiger partial charge in [-0.05, 0) is 118 Å². The zero-order valence-electron chi connectivity index (χ0n) is 34.0. The van der Waals surface area contributed by atoms with Crippen molar-refractivity contribution >= 4 is 35.2 Å². The second kappa shape index (κ2) is 17.6. The van der Waals surface area contributed by atoms with Crippen LogP contribution in [-0.2, 0) is 27.5 Å². The molecular formula is C49H47ClN6O4. The predicted molar refractivity (Wildman–Crippen MR) is 228 cm³/mol. The molecule has 1 atom stereocenters. The Morgan fingerprint density at radius 2 is 1.57 bits per heavy atom. The summed E-state index contributed by atoms with van der Waals surface area (Å²) in [7, 11) is 0. The van der Waals surface area contributed by atoms with Gasteiger partial charge in [-0.2, -0.15) is 10.4 Å². The molecule has 304 valence electrons. The number of nitriles is 1. The third kappa shape index (κ3) is 8.88. The quantitative estimate of drug-likeness (QED) is 0.160. The first kappa shape index (κ1) is 40.6. The maximum Gasteiger partial charge on any atom is 0.255 e. The van der Waals surface area contributed by atoms with Crippen LogP contribution in [-0.4, -0.2) is 62.3 Å². The minimum absolute atomic E-state index is 0.183. The molecular weight excluding hydrogens is 772 g/mol. The fraction of sp³-hybridized carbons (Fsp3) is 0.388. The molecule has 0 radical (unpaired) electrons. The van der Waals surface area contributed by atoms with E-state index >= 15 is 0 Å². The predicted octanol–water partition coefficient (Wildman–Crippen LogP) is 7.34. The zero-order valence-corrected chi connectivity index (χ0v) is 34.8. The number of rotatable bonds is 6. The van der Waals surface area contributed by atoms with Crippen LogP contribution in [0.5, 0.6) is 0 Å². The lowest BCUT2D eigenvalue weighted by atomic mass is 9.80. The van der Waals surface area contributed by atoms with E-state index in [1.54, 1.807) is 17.0 Å². The van der Waals surface area contributed by atoms with E-state index in [2.05, 4.69) is 73.2 Å². The Labute approximate surface area is 356 Å². The molecule has 10 nitrogen and oxygen atoms in total. The Bertz CT molecular complexity index is 2530. The number of piperidine rings is 2. The average molecular weight is 819 g/mol. The largest absolute Gasteiger partial charge is 0.343 e. The smallest absolute Gasteiger partial charge is 0.255 e. The Morgan fingerprint density at radius 3 is 2.27 bits per heavy atom. The van der Waals surface area contributed by atoms with E-state index < -0.39 is 11.9 Å². The number of carbonyl (C=O) groups excluding carboxylic acids is 4. The van der Waals surface area contributed by atoms with Gasteiger partial charge in [0, 0.05) is 72.3 Å². The second-order valence-electron chi connectivity index (χ2n) is 16.6. The summed E-state index contributed by atoms with van der Waals surface area (Å²) in [5.41, 5.74) is 8.68. The van der Waals surface area contributed by atoms with Crippen molar-refractivity contribution in [1.82, 2.24) is 24.9 Å². The maximum absolute atomic E-state index is 13.3. The highest BCUT2D eigenvalue weighted by atomic mass is 35.5. The molecule has 60 heavy (non-hydrogen) atoms. The highest BCUT2D eigenvalue weighted by Gasteiger charge is 2.39. The van der Waals surface area contributed by atoms with Crippen molar-refractivity contribution in [2.24, 2.45) is 17.8 Å². The lowest BCUT2D eigenvalue weighted by molar-refractivity contribution is -0.137. The van der Waals surface area contributed by atoms with Crippen LogP contribution in [0.4, 0.5) is 0 Å². The summed E-state index contributed by atoms with van der Waals surface area (Å²) in [6.45, 7) is 6.52. The third-order valence-corrected chi connectivity index (χ3v) is 13.0. The van der Waals surface area contributed by atoms with Gasteiger partial charge < -0.3 is 9.80 Å². The molecule has 0 spiro atoms. The monoisotopic (exact) mass is 818 g/mol. The zero-order chi connectivity index (χ0) is 41.9. The summed E-state index contributed by atoms with van der Waals surface area (Å²) in [6.07, 6.45) is 6.86. The molecule has 4 amide bonds. The Kier molecular flexibility index (Phi) is 11.9. The number of fused-ring (bicyclic) bond motifs is 1. The summed E-state index contributed by atoms with van der Waals surface area (Å²) in [5.74, 6) is 13.8. The fourth-order valence-corrected chi connectivity index (χ4v) is 9.07. The number of halogens is 1. The van der Waals surface area contributed by atoms with Crippen molar-refractivity contribution in [3.63, 3.8) is 0 Å². The summed E-state index contributed by atoms with van der Waals surface area (Å²) in [5, 5.41) is 16.9. The SMILES string of the molecule is Cc1c(-c2ccc(C#N)c(Cl)c2)nn(Cc2ccc(C#C[C@H]3CC[C@H](CC(=O)N4CCC(C#Cc5ccc6c(c5)C(=O)N(C5CCC(=O)NC5=O)C6)CC4)CC3)cc2)c1C. The first-order chi connectivity index (χ1) is 29.0. The van der Waals surface area contributed by atoms with Crippen molar-refractivity contribution in [3.8, 4) is 41.0 Å². The number of carbonyl (C=O) groups is 4. The molecule has 1 aromatic heterocycles. The summed E-state index contributed by atoms with van der Waals surface area (Å²) in [4.78, 5) is 54.0. The molecule has 1 aliphatic carbocycles. The molecule has 11 heteroatoms. The standard InChI is InChI=1S/C49H47ClN6O4/c1-31-32(2)56(53-47(31)39-17-18-40(28-51)43(50)27-39)29-38-13-8-34(9-14-38)4-3-33-5-11-37(12-6-33)26-46(58)54-23-21-35(22-24-54)7-10-36-15-16-41-30-55(49(60)42(41)25-36)44-19-20-45(57)52-48(44)59/h8-9,13-18,25,27,33,35,37,44H,5-6,11-12,19-24,26,29-30H2,1-2H3,(H,52,57,59)/t33-,37-,44?. The van der Waals surface area contributed by atoms with Gasteiger partial charge in [-0.1, -0.05) is 59.5 Å². The van der Waals surface area contributed by atoms with Crippen molar-refractivity contribution in [2.75, 3.05) is 13.1 Å². The molecule has 4 aliphatic rings. The maximum atomic E-state index is 13.3. The van der Waals surface area contributed by atoms with Crippen molar-refractivity contribution in [2.45, 2.75) is 90.8 Å². The average Bonchev–Trinajstić information content (AvgIpc) is 3.73. The van der Waals surface area contributed by atoms with E-state index in [0.29, 0.717) is 67.0 Å². The van der Waals surface area contributed by atoms with Crippen LogP contribution in [0.15, 0.2) is 60.7 Å². The van der Waals surface area contributed by atoms with Crippen molar-refractivity contribution < 1.29 is 19.2 Å². The molecule has 4 heterocycles. The van der Waals surface area contributed by atoms with E-state index in [-0.39, 0.29) is 30.1 Å². The van der Waals surface area contributed by atoms with Crippen LogP contribution < -0.4 is 5.32 Å². The number of hydrogen-bond acceptors (Lipinski definition) is 6. The number of hydrogen-bond donors (Lipinski definition) is 1. The number of nitrogens with one attached hydrogen (secondary N) is 1. The summed E-state index contributed by atoms with van der Waals surface area (Å²) in [6, 6.07) is 20.9. The van der Waals surface area contributed by atoms with Gasteiger partial charge in [-0.15, -0.1) is 0 Å². The van der Waals surface area contributed by atoms with Crippen LogP contribution in [0, 0.1) is 66.6 Å². The number of benzene rings is 3. The molecule has 0 bridgehead atoms. The normalized spacial score (nSPS) is 20.4. The fourth-order valence-electron chi connectivity index (χ4n) is 8.85. The second-order valence-corrected chi connectivity index (χ2v) is 17.0. The van der Waals surface area contributed by atoms with E-state index in [4.69, 9.17) is 16.7 Å². The first-order valence-electron chi connectivity index (χ1n) is 20.9. The third-order valence-electron chi connectivity index (χ3n) is 12.7. The highest BCUT2D eigenvalue weighted by Crippen LogP contribution is 2.33. The Morgan fingerprint density at radius 1 is 0.867 bits per heavy atom. The molecule has 1 N–H and O–H groups in total. The lowest BCUT2D eigenvalue weighted by Gasteiger charge is -2.32. The van der Waals surface area contributed by atoms with Crippen LogP contribution in [0.25, 0.3) is 11.3 Å². The number of amides is 4. The summed E-state index contributed by atoms with van der Waals surface area (Å²) >= 11 is 6.30. The van der Waals surface area contributed by atoms with E-state index in [1.165, 1.54) is 0 Å². The van der Waals surface area contributed by atoms with Crippen molar-refractivity contribution in [3.05, 3.63) is 110 Å². The van der Waals surface area contributed by atoms with E-state index in [1.807, 2.05) is 33.8 Å². The number of aromatic nitrogens is 2. The first-order valence-corrected chi connectivity index (χ1v) is 21.3. The molecule has 8 rings (SSSR count). The molecule has 3 aliphatic heterocycles. The van der Waals surface area contributed by atoms with Crippen LogP contribution >= 0.6 is 11.6 Å². The van der Waals surface area contributed by atoms with Gasteiger partial charge in [0.1, 0.15) is 12.1 Å². The Hall–Kier alpha value is -6.15. The van der Waals surface area contributed by atoms with E-state index in [0.717, 1.165) is 83.3 Å². The molecule has 2 saturated heterocycles. The van der Waals surface area contributed by atoms with Crippen molar-refractivity contribution in [1.29, 1.82) is 5.26 Å². The number of nitrogens with zero attached hydrogens (tertiary/aromatic N) is 5. The highest BCUT2D eigenvalue weighted by molar-refractivity contribution is 6.32. The minimum atomic E-state index is -0.633. The minimum Gasteiger partial charge on any atom is -0.343 e. The number of likely N-dealkylation sites (tertiary alicyclic amines) is 1. The summed E-state index contributed by atoms with van der Waals surface area (Å²) < 4.78 is 2.00. The topological polar surface area (TPSA) is 128 Å². The van der Waals surface area contributed by atoms with Gasteiger partial charge >= 0.3 is 0 Å². The number of imide groups is 1. The van der Waals surface area contributed by atoms with Gasteiger partial charge in [0.2, 0.25) is 17.7 Å². The molecule has 1 unspecified atom stereocenters. The van der Waals surface area contributed by atoms with Gasteiger partial charge in [-0.3, -0.25) is 29.2 Å². The van der Waals surface area contributed by atoms with Gasteiger partial charge in [0.05, 0.1) is 22.8 Å². The lowest BCUT2D eigenvalue weighted by Crippen LogP contribution is -2.52. The van der Waals surface area contributed by atoms with Gasteiger partial charge in [0.15, 0.2) is 0 Å². The van der Waals surface area contributed by atoms with Crippen LogP contribution in [0.2, 0.25) is 5.02 Å². The van der Waals surface area contributed by atoms with Crippen LogP contribution in [0.1, 0.15) is 107 Å². The van der Waals surface area contributed by atoms with Gasteiger partial charge in [-0.25, -0.2) is 0 Å². The van der Waals surface area contributed by atoms with E-state index in [9.17, 15) is 24.4 Å². The molecule has 4 aromatic rings. The van der Waals surface area contributed by atoms with Gasteiger partial charge in [0.25, 0.3) is 5.91 Å².